The lowest BCUT2D eigenvalue weighted by molar-refractivity contribution is 0.240. The van der Waals surface area contributed by atoms with Gasteiger partial charge in [0.2, 0.25) is 0 Å². The van der Waals surface area contributed by atoms with E-state index in [9.17, 15) is 4.79 Å². The zero-order valence-corrected chi connectivity index (χ0v) is 9.51. The number of carbonyl (C=O) groups excluding carboxylic acids is 1. The molecule has 82 valence electrons. The molecule has 5 heteroatoms. The van der Waals surface area contributed by atoms with Gasteiger partial charge in [0.25, 0.3) is 0 Å². The van der Waals surface area contributed by atoms with Crippen molar-refractivity contribution in [3.05, 3.63) is 16.6 Å². The van der Waals surface area contributed by atoms with Gasteiger partial charge < -0.3 is 10.6 Å². The molecule has 0 saturated heterocycles. The van der Waals surface area contributed by atoms with E-state index in [-0.39, 0.29) is 11.9 Å². The van der Waals surface area contributed by atoms with Crippen LogP contribution in [0.5, 0.6) is 0 Å². The van der Waals surface area contributed by atoms with Crippen molar-refractivity contribution >= 4 is 17.4 Å². The van der Waals surface area contributed by atoms with Gasteiger partial charge in [-0.2, -0.15) is 0 Å². The van der Waals surface area contributed by atoms with Gasteiger partial charge in [0.05, 0.1) is 5.01 Å². The summed E-state index contributed by atoms with van der Waals surface area (Å²) >= 11 is 1.63. The molecule has 1 aromatic heterocycles. The smallest absolute Gasteiger partial charge is 0.315 e. The molecule has 0 spiro atoms. The Bertz CT molecular complexity index is 321. The predicted molar refractivity (Wildman–Crippen MR) is 60.1 cm³/mol. The third kappa shape index (κ3) is 3.20. The Morgan fingerprint density at radius 2 is 2.53 bits per heavy atom. The lowest BCUT2D eigenvalue weighted by Gasteiger charge is -2.10. The fraction of sp³-hybridized carbons (Fsp3) is 0.600. The summed E-state index contributed by atoms with van der Waals surface area (Å²) in [4.78, 5) is 15.5. The summed E-state index contributed by atoms with van der Waals surface area (Å²) in [7, 11) is 0. The molecule has 1 saturated carbocycles. The molecule has 1 atom stereocenters. The van der Waals surface area contributed by atoms with Crippen molar-refractivity contribution in [2.75, 3.05) is 6.54 Å². The van der Waals surface area contributed by atoms with Gasteiger partial charge >= 0.3 is 6.03 Å². The number of aromatic nitrogens is 1. The van der Waals surface area contributed by atoms with Crippen LogP contribution < -0.4 is 10.6 Å². The molecule has 2 amide bonds. The van der Waals surface area contributed by atoms with Crippen LogP contribution in [0.15, 0.2) is 11.6 Å². The molecule has 4 nitrogen and oxygen atoms in total. The highest BCUT2D eigenvalue weighted by molar-refractivity contribution is 7.09. The third-order valence-electron chi connectivity index (χ3n) is 2.35. The Kier molecular flexibility index (Phi) is 3.20. The molecule has 0 bridgehead atoms. The van der Waals surface area contributed by atoms with Crippen molar-refractivity contribution in [2.45, 2.75) is 31.7 Å². The second kappa shape index (κ2) is 4.61. The first-order valence-corrected chi connectivity index (χ1v) is 6.07. The van der Waals surface area contributed by atoms with E-state index in [2.05, 4.69) is 22.5 Å². The van der Waals surface area contributed by atoms with E-state index in [0.717, 1.165) is 17.8 Å². The van der Waals surface area contributed by atoms with Crippen molar-refractivity contribution < 1.29 is 4.79 Å². The van der Waals surface area contributed by atoms with Gasteiger partial charge in [0.1, 0.15) is 0 Å². The second-order valence-corrected chi connectivity index (χ2v) is 4.83. The quantitative estimate of drug-likeness (QED) is 0.819. The van der Waals surface area contributed by atoms with Crippen LogP contribution in [-0.4, -0.2) is 23.6 Å². The van der Waals surface area contributed by atoms with E-state index >= 15 is 0 Å². The summed E-state index contributed by atoms with van der Waals surface area (Å²) in [5, 5.41) is 8.77. The maximum atomic E-state index is 11.3. The van der Waals surface area contributed by atoms with E-state index in [0.29, 0.717) is 12.6 Å². The first-order valence-electron chi connectivity index (χ1n) is 5.19. The van der Waals surface area contributed by atoms with Crippen LogP contribution in [0, 0.1) is 0 Å². The highest BCUT2D eigenvalue weighted by atomic mass is 32.1. The number of hydrogen-bond donors (Lipinski definition) is 2. The van der Waals surface area contributed by atoms with Crippen LogP contribution in [0.2, 0.25) is 0 Å². The Morgan fingerprint density at radius 1 is 1.73 bits per heavy atom. The van der Waals surface area contributed by atoms with Gasteiger partial charge in [0, 0.05) is 30.1 Å². The molecule has 0 aromatic carbocycles. The minimum atomic E-state index is -0.0547. The van der Waals surface area contributed by atoms with Gasteiger partial charge in [-0.3, -0.25) is 0 Å². The van der Waals surface area contributed by atoms with Crippen LogP contribution in [0.1, 0.15) is 30.7 Å². The monoisotopic (exact) mass is 225 g/mol. The Balaban J connectivity index is 1.70. The van der Waals surface area contributed by atoms with Gasteiger partial charge in [-0.05, 0) is 12.8 Å². The molecular weight excluding hydrogens is 210 g/mol. The molecule has 2 N–H and O–H groups in total. The minimum Gasteiger partial charge on any atom is -0.337 e. The largest absolute Gasteiger partial charge is 0.337 e. The highest BCUT2D eigenvalue weighted by Crippen LogP contribution is 2.18. The van der Waals surface area contributed by atoms with E-state index in [4.69, 9.17) is 0 Å². The molecule has 0 aliphatic heterocycles. The Labute approximate surface area is 93.1 Å². The Morgan fingerprint density at radius 3 is 3.13 bits per heavy atom. The molecule has 2 rings (SSSR count). The van der Waals surface area contributed by atoms with E-state index in [1.165, 1.54) is 0 Å². The summed E-state index contributed by atoms with van der Waals surface area (Å²) < 4.78 is 0. The molecule has 1 aliphatic carbocycles. The van der Waals surface area contributed by atoms with Crippen molar-refractivity contribution in [1.29, 1.82) is 0 Å². The minimum absolute atomic E-state index is 0.0547. The first kappa shape index (κ1) is 10.4. The molecular formula is C10H15N3OS. The molecule has 15 heavy (non-hydrogen) atoms. The normalized spacial score (nSPS) is 17.1. The number of carbonyl (C=O) groups is 1. The van der Waals surface area contributed by atoms with E-state index in [1.807, 2.05) is 5.38 Å². The maximum Gasteiger partial charge on any atom is 0.315 e. The number of urea groups is 1. The highest BCUT2D eigenvalue weighted by Gasteiger charge is 2.23. The molecule has 1 heterocycles. The predicted octanol–water partition coefficient (Wildman–Crippen LogP) is 1.71. The van der Waals surface area contributed by atoms with Crippen LogP contribution >= 0.6 is 11.3 Å². The average molecular weight is 225 g/mol. The van der Waals surface area contributed by atoms with E-state index in [1.54, 1.807) is 17.5 Å². The van der Waals surface area contributed by atoms with Gasteiger partial charge in [0.15, 0.2) is 0 Å². The van der Waals surface area contributed by atoms with Crippen molar-refractivity contribution in [3.8, 4) is 0 Å². The lowest BCUT2D eigenvalue weighted by atomic mass is 10.2. The fourth-order valence-corrected chi connectivity index (χ4v) is 1.97. The molecule has 1 aliphatic rings. The SMILES string of the molecule is CC(CNC(=O)NC1CC1)c1nccs1. The average Bonchev–Trinajstić information content (AvgIpc) is 2.86. The topological polar surface area (TPSA) is 54.0 Å². The van der Waals surface area contributed by atoms with Crippen molar-refractivity contribution in [1.82, 2.24) is 15.6 Å². The van der Waals surface area contributed by atoms with Gasteiger partial charge in [-0.15, -0.1) is 11.3 Å². The zero-order valence-electron chi connectivity index (χ0n) is 8.69. The molecule has 1 fully saturated rings. The maximum absolute atomic E-state index is 11.3. The van der Waals surface area contributed by atoms with Crippen molar-refractivity contribution in [2.24, 2.45) is 0 Å². The summed E-state index contributed by atoms with van der Waals surface area (Å²) in [5.41, 5.74) is 0. The summed E-state index contributed by atoms with van der Waals surface area (Å²) in [6.45, 7) is 2.71. The van der Waals surface area contributed by atoms with Crippen LogP contribution in [0.3, 0.4) is 0 Å². The van der Waals surface area contributed by atoms with Crippen LogP contribution in [0.25, 0.3) is 0 Å². The standard InChI is InChI=1S/C10H15N3OS/c1-7(9-11-4-5-15-9)6-12-10(14)13-8-2-3-8/h4-5,7-8H,2-3,6H2,1H3,(H2,12,13,14). The third-order valence-corrected chi connectivity index (χ3v) is 3.36. The fourth-order valence-electron chi connectivity index (χ4n) is 1.28. The summed E-state index contributed by atoms with van der Waals surface area (Å²) in [6.07, 6.45) is 4.03. The van der Waals surface area contributed by atoms with Crippen molar-refractivity contribution in [3.63, 3.8) is 0 Å². The second-order valence-electron chi connectivity index (χ2n) is 3.90. The first-order chi connectivity index (χ1) is 7.25. The number of amides is 2. The molecule has 1 unspecified atom stereocenters. The van der Waals surface area contributed by atoms with Crippen LogP contribution in [-0.2, 0) is 0 Å². The summed E-state index contributed by atoms with van der Waals surface area (Å²) in [6, 6.07) is 0.362. The Hall–Kier alpha value is -1.10. The van der Waals surface area contributed by atoms with Crippen LogP contribution in [0.4, 0.5) is 4.79 Å². The molecule has 0 radical (unpaired) electrons. The van der Waals surface area contributed by atoms with Gasteiger partial charge in [-0.1, -0.05) is 6.92 Å². The number of hydrogen-bond acceptors (Lipinski definition) is 3. The summed E-state index contributed by atoms with van der Waals surface area (Å²) in [5.74, 6) is 0.287. The number of rotatable bonds is 4. The lowest BCUT2D eigenvalue weighted by Crippen LogP contribution is -2.38. The van der Waals surface area contributed by atoms with E-state index < -0.39 is 0 Å². The number of nitrogens with zero attached hydrogens (tertiary/aromatic N) is 1. The zero-order chi connectivity index (χ0) is 10.7. The number of nitrogens with one attached hydrogen (secondary N) is 2. The van der Waals surface area contributed by atoms with Gasteiger partial charge in [-0.25, -0.2) is 9.78 Å². The molecule has 1 aromatic rings. The number of thiazole rings is 1.